The third-order valence-electron chi connectivity index (χ3n) is 4.34. The van der Waals surface area contributed by atoms with Gasteiger partial charge in [-0.2, -0.15) is 0 Å². The van der Waals surface area contributed by atoms with E-state index in [1.54, 1.807) is 39.4 Å². The molecule has 0 spiro atoms. The molecule has 8 nitrogen and oxygen atoms in total. The standard InChI is InChI=1S/C20H26N6O2S3/c1-20(2,31-29-4)11-22-18(28)19-24-14(10-30-19)12-5-7-13(8-6-12)23-17(27)16-25-15(21)9-26(16)3/h5-10,17,23,27H,11,21H2,1-4H3,(H,22,28). The molecule has 2 heterocycles. The van der Waals surface area contributed by atoms with Gasteiger partial charge in [0, 0.05) is 41.2 Å². The molecule has 3 aromatic rings. The van der Waals surface area contributed by atoms with E-state index in [-0.39, 0.29) is 10.7 Å². The largest absolute Gasteiger partial charge is 0.382 e. The van der Waals surface area contributed by atoms with E-state index in [2.05, 4.69) is 34.4 Å². The Kier molecular flexibility index (Phi) is 7.52. The molecule has 0 bridgehead atoms. The monoisotopic (exact) mass is 478 g/mol. The molecule has 0 aliphatic rings. The van der Waals surface area contributed by atoms with Crippen LogP contribution in [0.25, 0.3) is 11.3 Å². The molecule has 31 heavy (non-hydrogen) atoms. The van der Waals surface area contributed by atoms with Crippen molar-refractivity contribution in [2.45, 2.75) is 24.8 Å². The van der Waals surface area contributed by atoms with Crippen LogP contribution in [0.4, 0.5) is 11.5 Å². The van der Waals surface area contributed by atoms with Crippen LogP contribution >= 0.6 is 32.9 Å². The summed E-state index contributed by atoms with van der Waals surface area (Å²) in [5.74, 6) is 0.612. The predicted molar refractivity (Wildman–Crippen MR) is 131 cm³/mol. The second kappa shape index (κ2) is 9.94. The molecule has 1 amide bonds. The van der Waals surface area contributed by atoms with Gasteiger partial charge in [0.2, 0.25) is 0 Å². The van der Waals surface area contributed by atoms with E-state index >= 15 is 0 Å². The summed E-state index contributed by atoms with van der Waals surface area (Å²) >= 11 is 1.32. The lowest BCUT2D eigenvalue weighted by Crippen LogP contribution is -2.35. The van der Waals surface area contributed by atoms with Crippen molar-refractivity contribution < 1.29 is 9.90 Å². The lowest BCUT2D eigenvalue weighted by Gasteiger charge is -2.22. The maximum absolute atomic E-state index is 12.4. The van der Waals surface area contributed by atoms with Crippen molar-refractivity contribution in [1.29, 1.82) is 0 Å². The summed E-state index contributed by atoms with van der Waals surface area (Å²) in [6.07, 6.45) is 2.68. The summed E-state index contributed by atoms with van der Waals surface area (Å²) in [5, 5.41) is 18.6. The number of nitrogens with two attached hydrogens (primary N) is 1. The number of aryl methyl sites for hydroxylation is 1. The Bertz CT molecular complexity index is 1030. The zero-order valence-corrected chi connectivity index (χ0v) is 20.2. The van der Waals surface area contributed by atoms with Crippen molar-refractivity contribution in [3.8, 4) is 11.3 Å². The molecule has 5 N–H and O–H groups in total. The van der Waals surface area contributed by atoms with Crippen LogP contribution in [0.5, 0.6) is 0 Å². The van der Waals surface area contributed by atoms with Gasteiger partial charge in [-0.05, 0) is 32.2 Å². The first kappa shape index (κ1) is 23.5. The van der Waals surface area contributed by atoms with E-state index in [1.807, 2.05) is 35.9 Å². The Labute approximate surface area is 193 Å². The van der Waals surface area contributed by atoms with E-state index in [9.17, 15) is 9.90 Å². The molecule has 0 radical (unpaired) electrons. The number of hydrogen-bond donors (Lipinski definition) is 4. The van der Waals surface area contributed by atoms with Crippen LogP contribution in [-0.4, -0.2) is 43.1 Å². The topological polar surface area (TPSA) is 118 Å². The van der Waals surface area contributed by atoms with Gasteiger partial charge in [-0.25, -0.2) is 9.97 Å². The molecule has 1 atom stereocenters. The molecule has 0 saturated carbocycles. The number of carbonyl (C=O) groups is 1. The third-order valence-corrected chi connectivity index (χ3v) is 7.80. The van der Waals surface area contributed by atoms with Gasteiger partial charge < -0.3 is 26.0 Å². The molecule has 0 aliphatic heterocycles. The number of anilines is 2. The van der Waals surface area contributed by atoms with Gasteiger partial charge in [-0.15, -0.1) is 11.3 Å². The minimum atomic E-state index is -0.990. The second-order valence-corrected chi connectivity index (χ2v) is 11.5. The van der Waals surface area contributed by atoms with Gasteiger partial charge in [-0.1, -0.05) is 33.7 Å². The fraction of sp³-hybridized carbons (Fsp3) is 0.350. The van der Waals surface area contributed by atoms with Crippen LogP contribution < -0.4 is 16.4 Å². The van der Waals surface area contributed by atoms with Crippen molar-refractivity contribution >= 4 is 50.3 Å². The average Bonchev–Trinajstić information content (AvgIpc) is 3.33. The zero-order chi connectivity index (χ0) is 22.6. The number of nitrogen functional groups attached to an aromatic ring is 1. The van der Waals surface area contributed by atoms with Gasteiger partial charge in [0.25, 0.3) is 5.91 Å². The smallest absolute Gasteiger partial charge is 0.280 e. The molecule has 166 valence electrons. The summed E-state index contributed by atoms with van der Waals surface area (Å²) in [6.45, 7) is 4.75. The van der Waals surface area contributed by atoms with E-state index in [0.717, 1.165) is 16.9 Å². The van der Waals surface area contributed by atoms with Crippen molar-refractivity contribution in [2.75, 3.05) is 23.9 Å². The van der Waals surface area contributed by atoms with Crippen molar-refractivity contribution in [2.24, 2.45) is 7.05 Å². The van der Waals surface area contributed by atoms with Crippen molar-refractivity contribution in [1.82, 2.24) is 19.9 Å². The van der Waals surface area contributed by atoms with E-state index in [4.69, 9.17) is 5.73 Å². The van der Waals surface area contributed by atoms with Crippen LogP contribution in [0.2, 0.25) is 0 Å². The normalized spacial score (nSPS) is 12.5. The molecule has 1 unspecified atom stereocenters. The summed E-state index contributed by atoms with van der Waals surface area (Å²) in [6, 6.07) is 7.45. The molecule has 3 rings (SSSR count). The van der Waals surface area contributed by atoms with Crippen LogP contribution in [0.15, 0.2) is 35.8 Å². The molecule has 0 aliphatic carbocycles. The van der Waals surface area contributed by atoms with Gasteiger partial charge >= 0.3 is 0 Å². The average molecular weight is 479 g/mol. The van der Waals surface area contributed by atoms with Crippen LogP contribution in [0.1, 0.15) is 35.7 Å². The summed E-state index contributed by atoms with van der Waals surface area (Å²) in [5.41, 5.74) is 8.00. The van der Waals surface area contributed by atoms with Crippen LogP contribution in [-0.2, 0) is 7.05 Å². The molecular weight excluding hydrogens is 452 g/mol. The first-order valence-corrected chi connectivity index (χ1v) is 12.9. The Morgan fingerprint density at radius 3 is 2.65 bits per heavy atom. The first-order valence-electron chi connectivity index (χ1n) is 9.48. The van der Waals surface area contributed by atoms with Gasteiger partial charge in [0.15, 0.2) is 17.1 Å². The van der Waals surface area contributed by atoms with Crippen LogP contribution in [0, 0.1) is 0 Å². The highest BCUT2D eigenvalue weighted by atomic mass is 33.1. The number of hydrogen-bond acceptors (Lipinski definition) is 9. The molecule has 0 fully saturated rings. The van der Waals surface area contributed by atoms with E-state index < -0.39 is 6.23 Å². The maximum atomic E-state index is 12.4. The number of nitrogens with one attached hydrogen (secondary N) is 2. The number of benzene rings is 1. The molecular formula is C20H26N6O2S3. The summed E-state index contributed by atoms with van der Waals surface area (Å²) in [4.78, 5) is 21.0. The van der Waals surface area contributed by atoms with E-state index in [1.165, 1.54) is 11.3 Å². The first-order chi connectivity index (χ1) is 14.7. The summed E-state index contributed by atoms with van der Waals surface area (Å²) < 4.78 is 1.62. The number of aromatic nitrogens is 3. The highest BCUT2D eigenvalue weighted by Gasteiger charge is 2.21. The molecule has 1 aromatic carbocycles. The number of amides is 1. The highest BCUT2D eigenvalue weighted by molar-refractivity contribution is 8.76. The SMILES string of the molecule is CSSC(C)(C)CNC(=O)c1nc(-c2ccc(NC(O)c3nc(N)cn3C)cc2)cs1. The third kappa shape index (κ3) is 6.16. The summed E-state index contributed by atoms with van der Waals surface area (Å²) in [7, 11) is 5.18. The second-order valence-electron chi connectivity index (χ2n) is 7.49. The molecule has 0 saturated heterocycles. The minimum Gasteiger partial charge on any atom is -0.382 e. The number of nitrogens with zero attached hydrogens (tertiary/aromatic N) is 3. The number of aliphatic hydroxyl groups is 1. The molecule has 11 heteroatoms. The highest BCUT2D eigenvalue weighted by Crippen LogP contribution is 2.33. The lowest BCUT2D eigenvalue weighted by atomic mass is 10.1. The Hall–Kier alpha value is -2.21. The quantitative estimate of drug-likeness (QED) is 0.271. The van der Waals surface area contributed by atoms with Gasteiger partial charge in [-0.3, -0.25) is 4.79 Å². The van der Waals surface area contributed by atoms with E-state index in [0.29, 0.717) is 23.2 Å². The lowest BCUT2D eigenvalue weighted by molar-refractivity contribution is 0.0950. The zero-order valence-electron chi connectivity index (χ0n) is 17.7. The van der Waals surface area contributed by atoms with Gasteiger partial charge in [0.05, 0.1) is 5.69 Å². The maximum Gasteiger partial charge on any atom is 0.280 e. The fourth-order valence-electron chi connectivity index (χ4n) is 2.85. The Morgan fingerprint density at radius 1 is 1.32 bits per heavy atom. The van der Waals surface area contributed by atoms with Crippen molar-refractivity contribution in [3.63, 3.8) is 0 Å². The number of thiazole rings is 1. The van der Waals surface area contributed by atoms with Gasteiger partial charge in [0.1, 0.15) is 5.82 Å². The minimum absolute atomic E-state index is 0.0524. The Morgan fingerprint density at radius 2 is 2.03 bits per heavy atom. The Balaban J connectivity index is 1.62. The fourth-order valence-corrected chi connectivity index (χ4v) is 5.71. The number of aliphatic hydroxyl groups excluding tert-OH is 1. The number of imidazole rings is 1. The predicted octanol–water partition coefficient (Wildman–Crippen LogP) is 3.75. The van der Waals surface area contributed by atoms with Crippen molar-refractivity contribution in [3.05, 3.63) is 46.7 Å². The number of carbonyl (C=O) groups excluding carboxylic acids is 1. The molecule has 2 aromatic heterocycles. The number of rotatable bonds is 9. The van der Waals surface area contributed by atoms with Crippen LogP contribution in [0.3, 0.4) is 0 Å².